The Balaban J connectivity index is 0.000000197. The molecule has 6 aliphatic carbocycles. The molecule has 14 N–H and O–H groups in total. The molecule has 0 bridgehead atoms. The molecule has 0 saturated carbocycles. The third-order valence-corrected chi connectivity index (χ3v) is 24.8. The summed E-state index contributed by atoms with van der Waals surface area (Å²) in [6.45, 7) is 4.37. The quantitative estimate of drug-likeness (QED) is 0.0217. The zero-order chi connectivity index (χ0) is 92.5. The van der Waals surface area contributed by atoms with Crippen LogP contribution >= 0.6 is 12.4 Å². The maximum absolute atomic E-state index is 14.0. The van der Waals surface area contributed by atoms with E-state index >= 15 is 0 Å². The normalized spacial score (nSPS) is 29.2. The van der Waals surface area contributed by atoms with Crippen molar-refractivity contribution in [2.45, 2.75) is 241 Å². The number of ether oxygens (including phenoxy) is 8. The third-order valence-electron chi connectivity index (χ3n) is 24.8. The van der Waals surface area contributed by atoms with Gasteiger partial charge in [0, 0.05) is 115 Å². The number of halogens is 1. The van der Waals surface area contributed by atoms with Crippen molar-refractivity contribution in [2.24, 2.45) is 16.6 Å². The molecule has 4 saturated heterocycles. The number of phenolic OH excluding ortho intramolecular Hbond substituents is 4. The van der Waals surface area contributed by atoms with Gasteiger partial charge in [-0.2, -0.15) is 0 Å². The number of aliphatic carboxylic acids is 1. The number of imide groups is 2. The van der Waals surface area contributed by atoms with Crippen molar-refractivity contribution in [2.75, 3.05) is 27.4 Å². The van der Waals surface area contributed by atoms with Gasteiger partial charge < -0.3 is 110 Å². The number of nitrogens with zero attached hydrogens (tertiary/aromatic N) is 2. The summed E-state index contributed by atoms with van der Waals surface area (Å²) in [6.07, 6.45) is -6.04. The van der Waals surface area contributed by atoms with Gasteiger partial charge in [-0.25, -0.2) is 14.4 Å². The van der Waals surface area contributed by atoms with Gasteiger partial charge in [0.1, 0.15) is 83.0 Å². The number of fused-ring (bicyclic) bond motifs is 6. The molecule has 40 nitrogen and oxygen atoms in total. The van der Waals surface area contributed by atoms with E-state index in [0.717, 1.165) is 0 Å². The molecule has 128 heavy (non-hydrogen) atoms. The number of aliphatic hydroxyl groups is 6. The van der Waals surface area contributed by atoms with Crippen molar-refractivity contribution in [3.63, 3.8) is 0 Å². The number of Topliss-reactive ketones (excluding diaryl/α,β-unsaturated/α-hetero) is 3. The number of benzene rings is 4. The van der Waals surface area contributed by atoms with Crippen molar-refractivity contribution in [1.82, 2.24) is 15.4 Å². The van der Waals surface area contributed by atoms with Crippen LogP contribution in [0.2, 0.25) is 0 Å². The van der Waals surface area contributed by atoms with Crippen molar-refractivity contribution < 1.29 is 176 Å². The number of aliphatic hydroxyl groups excluding tert-OH is 4. The summed E-state index contributed by atoms with van der Waals surface area (Å²) in [5.74, 6) is -12.3. The second-order valence-corrected chi connectivity index (χ2v) is 33.3. The van der Waals surface area contributed by atoms with E-state index in [4.69, 9.17) is 53.6 Å². The van der Waals surface area contributed by atoms with Gasteiger partial charge in [-0.1, -0.05) is 48.4 Å². The summed E-state index contributed by atoms with van der Waals surface area (Å²) in [6, 6.07) is 6.85. The molecule has 0 spiro atoms. The Bertz CT molecular complexity index is 5200. The van der Waals surface area contributed by atoms with E-state index < -0.39 is 262 Å². The SMILES string of the molecule is COc1cccc2c1C(=O)c1c(O)c3c(c(O)c1C2=O)C[C@@](O)(C(=O)CO)C[C@@H]3OC1C[C@H](N)[C@H](O)[C@H](C)O1.COc1cccc2c1C(=O)c1c(O)c3c(c(O)c1C2=O)C[C@@](O)(C(=O)CO)C[C@@H]3OC1C[C@H](NC(=O)O[C@H]2/C=C/CC[C@@](C)(C(=O)CCC(=O)O)CC2)[C@H](O)[C@H](C)O1.C[C@]1(C(=O)ON2C(=O)CCC2=O)CC/C=C/[C@H](OC(=O)ON2C(=O)CCC2=O)CC1.Cl. The molecule has 16 atom stereocenters. The average Bonchev–Trinajstić information content (AvgIpc) is 0.753. The lowest BCUT2D eigenvalue weighted by Crippen LogP contribution is -2.56. The van der Waals surface area contributed by atoms with Crippen LogP contribution in [-0.2, 0) is 94.1 Å². The van der Waals surface area contributed by atoms with Crippen LogP contribution in [0.15, 0.2) is 60.7 Å². The largest absolute Gasteiger partial charge is 0.534 e. The molecule has 4 aliphatic heterocycles. The van der Waals surface area contributed by atoms with Crippen LogP contribution in [0, 0.1) is 10.8 Å². The minimum absolute atomic E-state index is 0. The van der Waals surface area contributed by atoms with E-state index in [1.165, 1.54) is 57.5 Å². The van der Waals surface area contributed by atoms with Crippen LogP contribution in [0.1, 0.15) is 241 Å². The number of carbonyl (C=O) groups excluding carboxylic acids is 14. The van der Waals surface area contributed by atoms with Crippen molar-refractivity contribution in [1.29, 1.82) is 0 Å². The van der Waals surface area contributed by atoms with E-state index in [2.05, 4.69) is 10.2 Å². The summed E-state index contributed by atoms with van der Waals surface area (Å²) in [7, 11) is 2.62. The number of rotatable bonds is 20. The van der Waals surface area contributed by atoms with Crippen molar-refractivity contribution in [3.8, 4) is 34.5 Å². The van der Waals surface area contributed by atoms with Crippen molar-refractivity contribution >= 4 is 101 Å². The Labute approximate surface area is 735 Å². The molecule has 41 heteroatoms. The Morgan fingerprint density at radius 3 is 1.41 bits per heavy atom. The number of methoxy groups -OCH3 is 2. The zero-order valence-electron chi connectivity index (χ0n) is 70.3. The zero-order valence-corrected chi connectivity index (χ0v) is 71.1. The Kier molecular flexibility index (Phi) is 29.7. The maximum Gasteiger partial charge on any atom is 0.534 e. The minimum Gasteiger partial charge on any atom is -0.507 e. The number of nitrogens with two attached hydrogens (primary N) is 1. The highest BCUT2D eigenvalue weighted by molar-refractivity contribution is 6.32. The minimum atomic E-state index is -2.38. The highest BCUT2D eigenvalue weighted by Gasteiger charge is 2.54. The summed E-state index contributed by atoms with van der Waals surface area (Å²) >= 11 is 0. The molecule has 690 valence electrons. The molecule has 0 aromatic heterocycles. The van der Waals surface area contributed by atoms with E-state index in [1.54, 1.807) is 45.1 Å². The number of alkyl carbamates (subject to hydrolysis) is 1. The van der Waals surface area contributed by atoms with Crippen LogP contribution in [0.3, 0.4) is 0 Å². The van der Waals surface area contributed by atoms with E-state index in [0.29, 0.717) is 42.2 Å². The fourth-order valence-corrected chi connectivity index (χ4v) is 17.5. The van der Waals surface area contributed by atoms with Gasteiger partial charge in [0.25, 0.3) is 23.6 Å². The number of carbonyl (C=O) groups is 15. The first-order valence-electron chi connectivity index (χ1n) is 41.1. The number of ketones is 7. The Morgan fingerprint density at radius 2 is 0.961 bits per heavy atom. The number of nitrogens with one attached hydrogen (secondary N) is 1. The first-order valence-corrected chi connectivity index (χ1v) is 41.1. The number of hydroxylamine groups is 4. The van der Waals surface area contributed by atoms with Crippen LogP contribution < -0.4 is 20.5 Å². The Hall–Kier alpha value is -11.5. The molecule has 0 radical (unpaired) electrons. The summed E-state index contributed by atoms with van der Waals surface area (Å²) in [5, 5.41) is 122. The molecule has 4 fully saturated rings. The fourth-order valence-electron chi connectivity index (χ4n) is 17.5. The fraction of sp³-hybridized carbons (Fsp3) is 0.506. The molecule has 2 unspecified atom stereocenters. The molecule has 10 aliphatic rings. The number of aromatic hydroxyl groups is 4. The van der Waals surface area contributed by atoms with Gasteiger partial charge in [0.05, 0.1) is 96.0 Å². The average molecular weight is 1810 g/mol. The summed E-state index contributed by atoms with van der Waals surface area (Å²) in [4.78, 5) is 198. The summed E-state index contributed by atoms with van der Waals surface area (Å²) < 4.78 is 45.3. The number of hydrogen-bond acceptors (Lipinski definition) is 36. The number of allylic oxidation sites excluding steroid dienone is 2. The molecule has 4 aromatic rings. The van der Waals surface area contributed by atoms with Gasteiger partial charge >= 0.3 is 24.2 Å². The highest BCUT2D eigenvalue weighted by atomic mass is 35.5. The molecule has 14 rings (SSSR count). The summed E-state index contributed by atoms with van der Waals surface area (Å²) in [5.41, 5.74) is -3.69. The number of amides is 5. The van der Waals surface area contributed by atoms with Crippen LogP contribution in [0.4, 0.5) is 9.59 Å². The van der Waals surface area contributed by atoms with Gasteiger partial charge in [-0.05, 0) is 96.4 Å². The maximum atomic E-state index is 14.0. The van der Waals surface area contributed by atoms with E-state index in [-0.39, 0.29) is 145 Å². The molecule has 4 heterocycles. The second kappa shape index (κ2) is 39.2. The molecule has 5 amide bonds. The number of carboxylic acids is 1. The monoisotopic (exact) mass is 1810 g/mol. The van der Waals surface area contributed by atoms with Gasteiger partial charge in [-0.3, -0.25) is 62.4 Å². The lowest BCUT2D eigenvalue weighted by molar-refractivity contribution is -0.249. The van der Waals surface area contributed by atoms with Crippen LogP contribution in [0.5, 0.6) is 34.5 Å². The predicted molar refractivity (Wildman–Crippen MR) is 433 cm³/mol. The number of carboxylic acid groups (broad SMARTS) is 1. The molecular formula is C87H99ClN4O36. The van der Waals surface area contributed by atoms with Crippen molar-refractivity contribution in [3.05, 3.63) is 127 Å². The highest BCUT2D eigenvalue weighted by Crippen LogP contribution is 2.56. The first kappa shape index (κ1) is 97.1. The number of phenols is 4. The standard InChI is InChI=1S/C41H47NO16.C27H29NO11.C19H22N2O9.ClH/c1-19-34(48)23(42-39(53)57-20-7-4-5-13-40(2,14-12-20)26(44)10-11-28(46)47)15-29(56-19)58-25-17-41(54,27(45)18-43)16-22-31(25)38(52)33-32(36(22)50)35(49)21-8-6-9-24(55-3)30(21)37(33)51;1-10-22(31)13(28)6-17(38-10)39-15-8-27(36,16(30)9-29)7-12-19(15)26(35)21-20(24(12)33)23(32)11-4-3-5-14(37-2)18(11)25(21)34;1-19(17(26)29-20-13(22)5-6-14(20)23)10-3-2-4-12(9-11-19)28-18(27)30-21-15(24)7-8-16(21)25;/h4,6-9,19-20,23,25,29,34,43,48,50,52,54H,5,10-18H2,1-3H3,(H,42,53)(H,46,47);3-5,10,13,15,17,22,29,31,33,35-36H,6-9,28H2,1-2H3;2,4,12H,3,5-11H2,1H3;1H/b7-4+;;4-2+;/t19-,20-,23-,25-,29?,34+,40+,41-;10-,13-,15-,17?,22+,27-;12-,19-;/m000./s1. The van der Waals surface area contributed by atoms with E-state index in [1.807, 2.05) is 0 Å². The Morgan fingerprint density at radius 1 is 0.539 bits per heavy atom. The molecular weight excluding hydrogens is 1710 g/mol. The van der Waals surface area contributed by atoms with Crippen LogP contribution in [0.25, 0.3) is 0 Å². The van der Waals surface area contributed by atoms with Gasteiger partial charge in [0.15, 0.2) is 35.7 Å². The first-order chi connectivity index (χ1) is 60.0. The lowest BCUT2D eigenvalue weighted by Gasteiger charge is -2.42. The predicted octanol–water partition coefficient (Wildman–Crippen LogP) is 4.45. The second-order valence-electron chi connectivity index (χ2n) is 33.3. The van der Waals surface area contributed by atoms with Crippen LogP contribution in [-0.4, -0.2) is 255 Å². The number of hydrogen-bond donors (Lipinski definition) is 13. The lowest BCUT2D eigenvalue weighted by atomic mass is 9.72. The molecule has 4 aromatic carbocycles. The third kappa shape index (κ3) is 19.4. The van der Waals surface area contributed by atoms with Gasteiger partial charge in [0.2, 0.25) is 11.6 Å². The van der Waals surface area contributed by atoms with Gasteiger partial charge in [-0.15, -0.1) is 17.5 Å². The van der Waals surface area contributed by atoms with E-state index in [9.17, 15) is 123 Å². The smallest absolute Gasteiger partial charge is 0.507 e. The topological polar surface area (TPSA) is 615 Å².